The summed E-state index contributed by atoms with van der Waals surface area (Å²) >= 11 is 0. The van der Waals surface area contributed by atoms with Crippen LogP contribution in [0.15, 0.2) is 12.3 Å². The maximum Gasteiger partial charge on any atom is 0.0883 e. The van der Waals surface area contributed by atoms with Crippen LogP contribution < -0.4 is 5.73 Å². The number of rotatable bonds is 12. The van der Waals surface area contributed by atoms with Crippen LogP contribution in [0, 0.1) is 0 Å². The second-order valence-electron chi connectivity index (χ2n) is 4.46. The van der Waals surface area contributed by atoms with Crippen molar-refractivity contribution in [3.05, 3.63) is 12.3 Å². The first-order chi connectivity index (χ1) is 7.81. The molecule has 0 aromatic rings. The first-order valence-corrected chi connectivity index (χ1v) is 6.73. The average Bonchev–Trinajstić information content (AvgIpc) is 2.31. The minimum atomic E-state index is 0.851. The maximum atomic E-state index is 5.44. The van der Waals surface area contributed by atoms with Crippen molar-refractivity contribution in [3.8, 4) is 0 Å². The molecule has 2 N–H and O–H groups in total. The largest absolute Gasteiger partial charge is 0.502 e. The smallest absolute Gasteiger partial charge is 0.0883 e. The minimum absolute atomic E-state index is 0.851. The Morgan fingerprint density at radius 2 is 1.31 bits per heavy atom. The molecular weight excluding hydrogens is 198 g/mol. The third-order valence-corrected chi connectivity index (χ3v) is 2.95. The van der Waals surface area contributed by atoms with Crippen molar-refractivity contribution in [2.75, 3.05) is 13.7 Å². The Hall–Kier alpha value is -0.500. The Labute approximate surface area is 101 Å². The molecule has 0 aromatic carbocycles. The van der Waals surface area contributed by atoms with Crippen molar-refractivity contribution < 1.29 is 4.74 Å². The fourth-order valence-corrected chi connectivity index (χ4v) is 1.81. The van der Waals surface area contributed by atoms with Gasteiger partial charge in [-0.3, -0.25) is 0 Å². The minimum Gasteiger partial charge on any atom is -0.502 e. The molecule has 0 radical (unpaired) electrons. The normalized spacial score (nSPS) is 10.4. The van der Waals surface area contributed by atoms with Gasteiger partial charge in [-0.25, -0.2) is 0 Å². The quantitative estimate of drug-likeness (QED) is 0.404. The second kappa shape index (κ2) is 12.6. The van der Waals surface area contributed by atoms with Crippen LogP contribution >= 0.6 is 0 Å². The fraction of sp³-hybridized carbons (Fsp3) is 0.857. The number of hydrogen-bond donors (Lipinski definition) is 1. The highest BCUT2D eigenvalue weighted by Crippen LogP contribution is 2.12. The van der Waals surface area contributed by atoms with E-state index < -0.39 is 0 Å². The van der Waals surface area contributed by atoms with Gasteiger partial charge in [0.2, 0.25) is 0 Å². The van der Waals surface area contributed by atoms with Gasteiger partial charge in [0.15, 0.2) is 0 Å². The fourth-order valence-electron chi connectivity index (χ4n) is 1.81. The van der Waals surface area contributed by atoms with Crippen LogP contribution in [0.2, 0.25) is 0 Å². The molecule has 0 amide bonds. The van der Waals surface area contributed by atoms with Crippen molar-refractivity contribution in [2.24, 2.45) is 5.73 Å². The van der Waals surface area contributed by atoms with Crippen LogP contribution in [-0.4, -0.2) is 13.7 Å². The van der Waals surface area contributed by atoms with Crippen LogP contribution in [-0.2, 0) is 4.74 Å². The number of hydrogen-bond acceptors (Lipinski definition) is 2. The van der Waals surface area contributed by atoms with Crippen molar-refractivity contribution in [3.63, 3.8) is 0 Å². The van der Waals surface area contributed by atoms with Crippen LogP contribution in [0.1, 0.15) is 64.2 Å². The molecule has 0 saturated heterocycles. The van der Waals surface area contributed by atoms with Gasteiger partial charge in [-0.05, 0) is 19.4 Å². The summed E-state index contributed by atoms with van der Waals surface area (Å²) in [5.74, 6) is 0.918. The third-order valence-electron chi connectivity index (χ3n) is 2.95. The topological polar surface area (TPSA) is 35.2 Å². The van der Waals surface area contributed by atoms with E-state index in [9.17, 15) is 0 Å². The summed E-state index contributed by atoms with van der Waals surface area (Å²) in [6.07, 6.45) is 12.9. The van der Waals surface area contributed by atoms with E-state index >= 15 is 0 Å². The molecule has 0 aliphatic rings. The Kier molecular flexibility index (Phi) is 12.2. The summed E-state index contributed by atoms with van der Waals surface area (Å²) in [5, 5.41) is 0. The number of allylic oxidation sites excluding steroid dienone is 1. The predicted octanol–water partition coefficient (Wildman–Crippen LogP) is 4.01. The molecule has 0 aliphatic carbocycles. The van der Waals surface area contributed by atoms with E-state index in [0.717, 1.165) is 18.7 Å². The van der Waals surface area contributed by atoms with Gasteiger partial charge < -0.3 is 10.5 Å². The number of methoxy groups -OCH3 is 1. The molecule has 0 unspecified atom stereocenters. The first kappa shape index (κ1) is 15.5. The summed E-state index contributed by atoms with van der Waals surface area (Å²) in [7, 11) is 1.70. The van der Waals surface area contributed by atoms with E-state index in [1.54, 1.807) is 7.11 Å². The monoisotopic (exact) mass is 227 g/mol. The van der Waals surface area contributed by atoms with Gasteiger partial charge in [-0.15, -0.1) is 0 Å². The highest BCUT2D eigenvalue weighted by atomic mass is 16.5. The molecule has 0 bridgehead atoms. The first-order valence-electron chi connectivity index (χ1n) is 6.73. The SMILES string of the molecule is C=C(CCCCCCCCCCCN)OC. The maximum absolute atomic E-state index is 5.44. The van der Waals surface area contributed by atoms with Gasteiger partial charge in [0.1, 0.15) is 0 Å². The summed E-state index contributed by atoms with van der Waals surface area (Å²) in [5.41, 5.74) is 5.44. The Morgan fingerprint density at radius 1 is 0.875 bits per heavy atom. The Bertz CT molecular complexity index is 157. The van der Waals surface area contributed by atoms with Crippen LogP contribution in [0.5, 0.6) is 0 Å². The van der Waals surface area contributed by atoms with Gasteiger partial charge in [0.25, 0.3) is 0 Å². The molecule has 0 aliphatic heterocycles. The van der Waals surface area contributed by atoms with Crippen molar-refractivity contribution in [1.82, 2.24) is 0 Å². The lowest BCUT2D eigenvalue weighted by molar-refractivity contribution is 0.276. The number of nitrogens with two attached hydrogens (primary N) is 1. The third kappa shape index (κ3) is 11.6. The van der Waals surface area contributed by atoms with E-state index in [-0.39, 0.29) is 0 Å². The van der Waals surface area contributed by atoms with Gasteiger partial charge in [0, 0.05) is 6.42 Å². The van der Waals surface area contributed by atoms with E-state index in [4.69, 9.17) is 10.5 Å². The van der Waals surface area contributed by atoms with E-state index in [2.05, 4.69) is 6.58 Å². The van der Waals surface area contributed by atoms with Gasteiger partial charge >= 0.3 is 0 Å². The zero-order valence-corrected chi connectivity index (χ0v) is 11.0. The van der Waals surface area contributed by atoms with Gasteiger partial charge in [-0.1, -0.05) is 51.5 Å². The Morgan fingerprint density at radius 3 is 1.75 bits per heavy atom. The average molecular weight is 227 g/mol. The van der Waals surface area contributed by atoms with Crippen molar-refractivity contribution >= 4 is 0 Å². The lowest BCUT2D eigenvalue weighted by Crippen LogP contribution is -1.97. The van der Waals surface area contributed by atoms with Crippen LogP contribution in [0.25, 0.3) is 0 Å². The summed E-state index contributed by atoms with van der Waals surface area (Å²) in [6, 6.07) is 0. The van der Waals surface area contributed by atoms with E-state index in [1.165, 1.54) is 57.8 Å². The van der Waals surface area contributed by atoms with Crippen LogP contribution in [0.3, 0.4) is 0 Å². The summed E-state index contributed by atoms with van der Waals surface area (Å²) < 4.78 is 5.03. The van der Waals surface area contributed by atoms with Crippen molar-refractivity contribution in [1.29, 1.82) is 0 Å². The molecule has 0 rings (SSSR count). The zero-order chi connectivity index (χ0) is 12.1. The molecule has 16 heavy (non-hydrogen) atoms. The van der Waals surface area contributed by atoms with Gasteiger partial charge in [0.05, 0.1) is 12.9 Å². The highest BCUT2D eigenvalue weighted by Gasteiger charge is 1.94. The molecule has 0 atom stereocenters. The highest BCUT2D eigenvalue weighted by molar-refractivity contribution is 4.80. The molecule has 96 valence electrons. The van der Waals surface area contributed by atoms with Crippen molar-refractivity contribution in [2.45, 2.75) is 64.2 Å². The molecule has 0 fully saturated rings. The molecule has 0 heterocycles. The standard InChI is InChI=1S/C14H29NO/c1-14(16-2)12-10-8-6-4-3-5-7-9-11-13-15/h1,3-13,15H2,2H3. The predicted molar refractivity (Wildman–Crippen MR) is 71.4 cm³/mol. The molecule has 0 saturated carbocycles. The molecule has 2 heteroatoms. The number of ether oxygens (including phenoxy) is 1. The summed E-state index contributed by atoms with van der Waals surface area (Å²) in [4.78, 5) is 0. The molecule has 0 spiro atoms. The van der Waals surface area contributed by atoms with Crippen LogP contribution in [0.4, 0.5) is 0 Å². The lowest BCUT2D eigenvalue weighted by Gasteiger charge is -2.04. The van der Waals surface area contributed by atoms with E-state index in [0.29, 0.717) is 0 Å². The second-order valence-corrected chi connectivity index (χ2v) is 4.46. The molecule has 0 aromatic heterocycles. The molecule has 2 nitrogen and oxygen atoms in total. The summed E-state index contributed by atoms with van der Waals surface area (Å²) in [6.45, 7) is 4.67. The van der Waals surface area contributed by atoms with Gasteiger partial charge in [-0.2, -0.15) is 0 Å². The lowest BCUT2D eigenvalue weighted by atomic mass is 10.1. The number of unbranched alkanes of at least 4 members (excludes halogenated alkanes) is 8. The molecular formula is C14H29NO. The van der Waals surface area contributed by atoms with E-state index in [1.807, 2.05) is 0 Å². The Balaban J connectivity index is 2.96. The zero-order valence-electron chi connectivity index (χ0n) is 11.0.